The molecule has 3 aromatic heterocycles. The fourth-order valence-corrected chi connectivity index (χ4v) is 5.50. The lowest BCUT2D eigenvalue weighted by Gasteiger charge is -2.20. The Kier molecular flexibility index (Phi) is 5.66. The summed E-state index contributed by atoms with van der Waals surface area (Å²) in [6.07, 6.45) is 0.690. The molecule has 4 heterocycles. The second kappa shape index (κ2) is 8.74. The first kappa shape index (κ1) is 20.1. The van der Waals surface area contributed by atoms with Crippen molar-refractivity contribution in [3.8, 4) is 11.4 Å². The van der Waals surface area contributed by atoms with Crippen LogP contribution in [0.4, 0.5) is 4.39 Å². The molecule has 1 aliphatic rings. The molecule has 0 radical (unpaired) electrons. The van der Waals surface area contributed by atoms with Crippen molar-refractivity contribution in [2.45, 2.75) is 17.6 Å². The first-order valence-electron chi connectivity index (χ1n) is 9.46. The Morgan fingerprint density at radius 2 is 2.00 bits per heavy atom. The lowest BCUT2D eigenvalue weighted by molar-refractivity contribution is -0.130. The first-order chi connectivity index (χ1) is 15.2. The summed E-state index contributed by atoms with van der Waals surface area (Å²) in [5.41, 5.74) is 1.27. The van der Waals surface area contributed by atoms with Gasteiger partial charge in [-0.15, -0.1) is 27.8 Å². The number of thioether (sulfide) groups is 1. The molecule has 1 aromatic carbocycles. The van der Waals surface area contributed by atoms with E-state index in [9.17, 15) is 9.18 Å². The molecular weight excluding hydrogens is 453 g/mol. The molecule has 5 rings (SSSR count). The van der Waals surface area contributed by atoms with Gasteiger partial charge < -0.3 is 0 Å². The van der Waals surface area contributed by atoms with Crippen LogP contribution in [0.1, 0.15) is 22.2 Å². The van der Waals surface area contributed by atoms with Crippen molar-refractivity contribution in [3.63, 3.8) is 0 Å². The van der Waals surface area contributed by atoms with Gasteiger partial charge in [-0.05, 0) is 35.0 Å². The number of carbonyl (C=O) groups is 1. The highest BCUT2D eigenvalue weighted by atomic mass is 32.2. The number of amides is 1. The van der Waals surface area contributed by atoms with E-state index in [-0.39, 0.29) is 23.5 Å². The molecule has 1 amide bonds. The molecule has 0 bridgehead atoms. The Hall–Kier alpha value is -2.82. The molecule has 0 saturated heterocycles. The molecule has 0 spiro atoms. The maximum Gasteiger partial charge on any atom is 0.253 e. The van der Waals surface area contributed by atoms with Crippen LogP contribution in [0, 0.1) is 5.82 Å². The number of aromatic nitrogens is 3. The number of carbonyl (C=O) groups excluding carboxylic acids is 1. The highest BCUT2D eigenvalue weighted by Gasteiger charge is 2.34. The smallest absolute Gasteiger partial charge is 0.253 e. The number of halogens is 1. The van der Waals surface area contributed by atoms with Crippen LogP contribution in [0.5, 0.6) is 0 Å². The third-order valence-electron chi connectivity index (χ3n) is 4.76. The van der Waals surface area contributed by atoms with Gasteiger partial charge >= 0.3 is 0 Å². The Bertz CT molecular complexity index is 1220. The van der Waals surface area contributed by atoms with Gasteiger partial charge in [0.2, 0.25) is 5.16 Å². The van der Waals surface area contributed by atoms with Crippen LogP contribution in [0.15, 0.2) is 69.5 Å². The van der Waals surface area contributed by atoms with Gasteiger partial charge in [0, 0.05) is 11.3 Å². The predicted octanol–water partition coefficient (Wildman–Crippen LogP) is 5.20. The predicted molar refractivity (Wildman–Crippen MR) is 122 cm³/mol. The molecule has 4 aromatic rings. The van der Waals surface area contributed by atoms with Gasteiger partial charge in [-0.1, -0.05) is 36.0 Å². The molecule has 156 valence electrons. The maximum atomic E-state index is 14.0. The van der Waals surface area contributed by atoms with Crippen molar-refractivity contribution >= 4 is 46.1 Å². The van der Waals surface area contributed by atoms with E-state index in [0.717, 1.165) is 15.5 Å². The lowest BCUT2D eigenvalue weighted by Crippen LogP contribution is -2.28. The minimum absolute atomic E-state index is 0.105. The van der Waals surface area contributed by atoms with Crippen molar-refractivity contribution < 1.29 is 9.18 Å². The zero-order chi connectivity index (χ0) is 21.2. The van der Waals surface area contributed by atoms with E-state index in [1.165, 1.54) is 17.8 Å². The molecule has 6 nitrogen and oxygen atoms in total. The zero-order valence-electron chi connectivity index (χ0n) is 16.1. The topological polar surface area (TPSA) is 74.2 Å². The van der Waals surface area contributed by atoms with E-state index in [2.05, 4.69) is 20.3 Å². The summed E-state index contributed by atoms with van der Waals surface area (Å²) in [6.45, 7) is 0. The molecule has 10 heteroatoms. The fraction of sp³-hybridized carbons (Fsp3) is 0.143. The number of hydrogen-bond donors (Lipinski definition) is 1. The number of hydrazone groups is 1. The Balaban J connectivity index is 1.31. The second-order valence-electron chi connectivity index (χ2n) is 6.73. The highest BCUT2D eigenvalue weighted by molar-refractivity contribution is 7.99. The van der Waals surface area contributed by atoms with E-state index in [4.69, 9.17) is 0 Å². The number of rotatable bonds is 6. The Morgan fingerprint density at radius 1 is 1.16 bits per heavy atom. The third kappa shape index (κ3) is 4.18. The van der Waals surface area contributed by atoms with Crippen molar-refractivity contribution in [2.24, 2.45) is 5.10 Å². The number of nitrogens with one attached hydrogen (secondary N) is 1. The molecule has 1 aliphatic heterocycles. The minimum Gasteiger partial charge on any atom is -0.272 e. The first-order valence-corrected chi connectivity index (χ1v) is 12.2. The van der Waals surface area contributed by atoms with Crippen LogP contribution in [0.2, 0.25) is 0 Å². The monoisotopic (exact) mass is 469 g/mol. The third-order valence-corrected chi connectivity index (χ3v) is 7.49. The molecule has 0 saturated carbocycles. The lowest BCUT2D eigenvalue weighted by atomic mass is 10.1. The van der Waals surface area contributed by atoms with Gasteiger partial charge in [0.05, 0.1) is 27.9 Å². The van der Waals surface area contributed by atoms with Gasteiger partial charge in [-0.3, -0.25) is 9.89 Å². The maximum absolute atomic E-state index is 14.0. The zero-order valence-corrected chi connectivity index (χ0v) is 18.5. The molecule has 1 N–H and O–H groups in total. The van der Waals surface area contributed by atoms with E-state index >= 15 is 0 Å². The molecular formula is C21H16FN5OS3. The average Bonchev–Trinajstić information content (AvgIpc) is 3.57. The number of benzene rings is 1. The second-order valence-corrected chi connectivity index (χ2v) is 9.60. The number of hydrogen-bond acceptors (Lipinski definition) is 7. The van der Waals surface area contributed by atoms with E-state index < -0.39 is 0 Å². The fourth-order valence-electron chi connectivity index (χ4n) is 3.31. The molecule has 1 atom stereocenters. The molecule has 31 heavy (non-hydrogen) atoms. The molecule has 0 unspecified atom stereocenters. The van der Waals surface area contributed by atoms with E-state index in [0.29, 0.717) is 23.0 Å². The summed E-state index contributed by atoms with van der Waals surface area (Å²) in [6, 6.07) is 14.3. The van der Waals surface area contributed by atoms with Gasteiger partial charge in [0.1, 0.15) is 5.82 Å². The summed E-state index contributed by atoms with van der Waals surface area (Å²) in [5, 5.41) is 17.5. The van der Waals surface area contributed by atoms with Crippen molar-refractivity contribution in [2.75, 3.05) is 5.75 Å². The van der Waals surface area contributed by atoms with Gasteiger partial charge in [-0.25, -0.2) is 14.4 Å². The average molecular weight is 470 g/mol. The van der Waals surface area contributed by atoms with E-state index in [1.807, 2.05) is 35.0 Å². The van der Waals surface area contributed by atoms with Crippen LogP contribution in [-0.4, -0.2) is 37.6 Å². The summed E-state index contributed by atoms with van der Waals surface area (Å²) < 4.78 is 14.0. The summed E-state index contributed by atoms with van der Waals surface area (Å²) in [4.78, 5) is 19.6. The van der Waals surface area contributed by atoms with Crippen LogP contribution < -0.4 is 0 Å². The molecule has 0 fully saturated rings. The van der Waals surface area contributed by atoms with E-state index in [1.54, 1.807) is 45.9 Å². The van der Waals surface area contributed by atoms with Crippen LogP contribution in [0.25, 0.3) is 11.4 Å². The SMILES string of the molecule is O=C(CSc1n[nH]c(-c2ccccc2F)n1)N1N=C(c2cccs2)C[C@H]1c1cccs1. The highest BCUT2D eigenvalue weighted by Crippen LogP contribution is 2.36. The number of thiophene rings is 2. The van der Waals surface area contributed by atoms with Crippen LogP contribution in [0.3, 0.4) is 0 Å². The van der Waals surface area contributed by atoms with Crippen molar-refractivity contribution in [1.82, 2.24) is 20.2 Å². The van der Waals surface area contributed by atoms with Gasteiger partial charge in [0.25, 0.3) is 5.91 Å². The van der Waals surface area contributed by atoms with Crippen LogP contribution >= 0.6 is 34.4 Å². The van der Waals surface area contributed by atoms with Gasteiger partial charge in [-0.2, -0.15) is 5.10 Å². The number of aromatic amines is 1. The minimum atomic E-state index is -0.377. The number of H-pyrrole nitrogens is 1. The molecule has 0 aliphatic carbocycles. The number of nitrogens with zero attached hydrogens (tertiary/aromatic N) is 4. The Morgan fingerprint density at radius 3 is 2.77 bits per heavy atom. The van der Waals surface area contributed by atoms with Gasteiger partial charge in [0.15, 0.2) is 5.82 Å². The Labute approximate surface area is 189 Å². The van der Waals surface area contributed by atoms with Crippen LogP contribution in [-0.2, 0) is 4.79 Å². The summed E-state index contributed by atoms with van der Waals surface area (Å²) in [7, 11) is 0. The summed E-state index contributed by atoms with van der Waals surface area (Å²) in [5.74, 6) is -0.0223. The van der Waals surface area contributed by atoms with Crippen molar-refractivity contribution in [3.05, 3.63) is 74.9 Å². The van der Waals surface area contributed by atoms with Crippen molar-refractivity contribution in [1.29, 1.82) is 0 Å². The summed E-state index contributed by atoms with van der Waals surface area (Å²) >= 11 is 4.45. The normalized spacial score (nSPS) is 16.0. The quantitative estimate of drug-likeness (QED) is 0.394. The standard InChI is InChI=1S/C21H16FN5OS3/c22-14-6-2-1-5-13(14)20-23-21(25-24-20)31-12-19(28)27-16(18-8-4-10-30-18)11-15(26-27)17-7-3-9-29-17/h1-10,16H,11-12H2,(H,23,24,25)/t16-/m0/s1. The largest absolute Gasteiger partial charge is 0.272 e.